The maximum atomic E-state index is 13.0. The summed E-state index contributed by atoms with van der Waals surface area (Å²) in [6.45, 7) is 0. The van der Waals surface area contributed by atoms with Gasteiger partial charge in [0.05, 0.1) is 5.69 Å². The van der Waals surface area contributed by atoms with Gasteiger partial charge in [0.1, 0.15) is 17.1 Å². The summed E-state index contributed by atoms with van der Waals surface area (Å²) >= 11 is 0. The summed E-state index contributed by atoms with van der Waals surface area (Å²) in [4.78, 5) is 37.2. The van der Waals surface area contributed by atoms with Crippen molar-refractivity contribution in [3.05, 3.63) is 65.5 Å². The zero-order chi connectivity index (χ0) is 17.3. The number of carbonyl (C=O) groups excluding carboxylic acids is 3. The Hall–Kier alpha value is -3.48. The van der Waals surface area contributed by atoms with Crippen LogP contribution in [-0.2, 0) is 9.59 Å². The van der Waals surface area contributed by atoms with Crippen LogP contribution in [0.3, 0.4) is 0 Å². The Morgan fingerprint density at radius 3 is 2.21 bits per heavy atom. The highest BCUT2D eigenvalue weighted by molar-refractivity contribution is 6.39. The number of barbiturate groups is 1. The number of benzene rings is 2. The third-order valence-corrected chi connectivity index (χ3v) is 3.39. The Balaban J connectivity index is 1.99. The molecule has 0 spiro atoms. The number of rotatable bonds is 2. The molecule has 0 bridgehead atoms. The number of nitrogens with zero attached hydrogens (tertiary/aromatic N) is 1. The molecular formula is C17H11FN2O4. The van der Waals surface area contributed by atoms with Crippen LogP contribution in [0.1, 0.15) is 5.56 Å². The van der Waals surface area contributed by atoms with Gasteiger partial charge in [0.15, 0.2) is 0 Å². The monoisotopic (exact) mass is 326 g/mol. The Bertz CT molecular complexity index is 857. The van der Waals surface area contributed by atoms with Gasteiger partial charge in [-0.05, 0) is 48.0 Å². The number of nitrogens with one attached hydrogen (secondary N) is 1. The number of carbonyl (C=O) groups is 3. The number of phenols is 1. The van der Waals surface area contributed by atoms with Gasteiger partial charge in [-0.15, -0.1) is 0 Å². The van der Waals surface area contributed by atoms with Crippen molar-refractivity contribution in [2.24, 2.45) is 0 Å². The zero-order valence-corrected chi connectivity index (χ0v) is 12.2. The number of phenolic OH excluding ortho intramolecular Hbond substituents is 1. The maximum Gasteiger partial charge on any atom is 0.335 e. The predicted octanol–water partition coefficient (Wildman–Crippen LogP) is 2.20. The fraction of sp³-hybridized carbons (Fsp3) is 0. The molecule has 0 atom stereocenters. The van der Waals surface area contributed by atoms with Crippen molar-refractivity contribution in [2.45, 2.75) is 0 Å². The number of urea groups is 1. The van der Waals surface area contributed by atoms with Crippen molar-refractivity contribution in [3.63, 3.8) is 0 Å². The third-order valence-electron chi connectivity index (χ3n) is 3.39. The van der Waals surface area contributed by atoms with E-state index in [1.54, 1.807) is 0 Å². The highest BCUT2D eigenvalue weighted by Crippen LogP contribution is 2.22. The number of imide groups is 2. The summed E-state index contributed by atoms with van der Waals surface area (Å²) in [5, 5.41) is 11.3. The number of halogens is 1. The molecule has 3 rings (SSSR count). The highest BCUT2D eigenvalue weighted by atomic mass is 19.1. The summed E-state index contributed by atoms with van der Waals surface area (Å²) in [6.07, 6.45) is 1.31. The van der Waals surface area contributed by atoms with Crippen molar-refractivity contribution in [1.29, 1.82) is 0 Å². The fourth-order valence-electron chi connectivity index (χ4n) is 2.22. The second-order valence-corrected chi connectivity index (χ2v) is 5.03. The van der Waals surface area contributed by atoms with Crippen molar-refractivity contribution in [2.75, 3.05) is 4.90 Å². The van der Waals surface area contributed by atoms with Crippen LogP contribution in [0.4, 0.5) is 14.9 Å². The highest BCUT2D eigenvalue weighted by Gasteiger charge is 2.36. The van der Waals surface area contributed by atoms with Gasteiger partial charge in [-0.3, -0.25) is 14.9 Å². The Labute approximate surface area is 135 Å². The summed E-state index contributed by atoms with van der Waals surface area (Å²) in [6, 6.07) is 9.68. The molecular weight excluding hydrogens is 315 g/mol. The van der Waals surface area contributed by atoms with Crippen LogP contribution >= 0.6 is 0 Å². The van der Waals surface area contributed by atoms with Gasteiger partial charge in [-0.1, -0.05) is 12.1 Å². The van der Waals surface area contributed by atoms with Gasteiger partial charge in [0.25, 0.3) is 11.8 Å². The van der Waals surface area contributed by atoms with E-state index in [4.69, 9.17) is 0 Å². The molecule has 1 fully saturated rings. The van der Waals surface area contributed by atoms with E-state index in [9.17, 15) is 23.9 Å². The molecule has 2 aromatic carbocycles. The second-order valence-electron chi connectivity index (χ2n) is 5.03. The van der Waals surface area contributed by atoms with Crippen LogP contribution in [0.15, 0.2) is 54.1 Å². The summed E-state index contributed by atoms with van der Waals surface area (Å²) in [7, 11) is 0. The van der Waals surface area contributed by atoms with Gasteiger partial charge in [-0.25, -0.2) is 14.1 Å². The molecule has 0 unspecified atom stereocenters. The van der Waals surface area contributed by atoms with Crippen LogP contribution in [0.25, 0.3) is 6.08 Å². The van der Waals surface area contributed by atoms with Gasteiger partial charge in [0, 0.05) is 0 Å². The minimum atomic E-state index is -0.903. The molecule has 7 heteroatoms. The molecule has 2 N–H and O–H groups in total. The van der Waals surface area contributed by atoms with E-state index in [0.717, 1.165) is 17.0 Å². The molecule has 1 aliphatic heterocycles. The Morgan fingerprint density at radius 1 is 0.958 bits per heavy atom. The van der Waals surface area contributed by atoms with Crippen LogP contribution in [0.2, 0.25) is 0 Å². The number of aromatic hydroxyl groups is 1. The minimum Gasteiger partial charge on any atom is -0.508 e. The molecule has 4 amide bonds. The Morgan fingerprint density at radius 2 is 1.58 bits per heavy atom. The van der Waals surface area contributed by atoms with Crippen molar-refractivity contribution < 1.29 is 23.9 Å². The van der Waals surface area contributed by atoms with Crippen LogP contribution < -0.4 is 10.2 Å². The quantitative estimate of drug-likeness (QED) is 0.654. The van der Waals surface area contributed by atoms with E-state index in [-0.39, 0.29) is 17.0 Å². The molecule has 0 radical (unpaired) electrons. The Kier molecular flexibility index (Phi) is 3.83. The number of anilines is 1. The second kappa shape index (κ2) is 5.96. The molecule has 2 aromatic rings. The van der Waals surface area contributed by atoms with Crippen molar-refractivity contribution in [3.8, 4) is 5.75 Å². The molecule has 1 aliphatic rings. The van der Waals surface area contributed by atoms with E-state index in [2.05, 4.69) is 5.32 Å². The average Bonchev–Trinajstić information content (AvgIpc) is 2.55. The lowest BCUT2D eigenvalue weighted by Crippen LogP contribution is -2.54. The number of amides is 4. The number of hydrogen-bond acceptors (Lipinski definition) is 4. The topological polar surface area (TPSA) is 86.7 Å². The first-order valence-electron chi connectivity index (χ1n) is 6.92. The number of hydrogen-bond donors (Lipinski definition) is 2. The van der Waals surface area contributed by atoms with Gasteiger partial charge >= 0.3 is 6.03 Å². The largest absolute Gasteiger partial charge is 0.508 e. The van der Waals surface area contributed by atoms with Gasteiger partial charge < -0.3 is 5.11 Å². The van der Waals surface area contributed by atoms with E-state index in [1.165, 1.54) is 42.5 Å². The summed E-state index contributed by atoms with van der Waals surface area (Å²) < 4.78 is 13.0. The molecule has 1 saturated heterocycles. The lowest BCUT2D eigenvalue weighted by atomic mass is 10.1. The average molecular weight is 326 g/mol. The first kappa shape index (κ1) is 15.4. The first-order valence-corrected chi connectivity index (χ1v) is 6.92. The minimum absolute atomic E-state index is 0.0414. The van der Waals surface area contributed by atoms with Gasteiger partial charge in [-0.2, -0.15) is 0 Å². The molecule has 120 valence electrons. The van der Waals surface area contributed by atoms with E-state index in [0.29, 0.717) is 5.56 Å². The summed E-state index contributed by atoms with van der Waals surface area (Å²) in [5.41, 5.74) is 0.396. The van der Waals surface area contributed by atoms with Crippen LogP contribution in [0.5, 0.6) is 5.75 Å². The van der Waals surface area contributed by atoms with Crippen molar-refractivity contribution in [1.82, 2.24) is 5.32 Å². The smallest absolute Gasteiger partial charge is 0.335 e. The zero-order valence-electron chi connectivity index (χ0n) is 12.2. The lowest BCUT2D eigenvalue weighted by Gasteiger charge is -2.26. The molecule has 1 heterocycles. The van der Waals surface area contributed by atoms with Crippen LogP contribution in [-0.4, -0.2) is 23.0 Å². The van der Waals surface area contributed by atoms with E-state index in [1.807, 2.05) is 0 Å². The van der Waals surface area contributed by atoms with Crippen molar-refractivity contribution >= 4 is 29.6 Å². The lowest BCUT2D eigenvalue weighted by molar-refractivity contribution is -0.122. The molecule has 0 aromatic heterocycles. The SMILES string of the molecule is O=C1NC(=O)N(c2ccc(F)cc2)C(=O)C1=Cc1ccc(O)cc1. The predicted molar refractivity (Wildman–Crippen MR) is 83.5 cm³/mol. The molecule has 6 nitrogen and oxygen atoms in total. The third kappa shape index (κ3) is 2.87. The van der Waals surface area contributed by atoms with E-state index < -0.39 is 23.7 Å². The fourth-order valence-corrected chi connectivity index (χ4v) is 2.22. The normalized spacial score (nSPS) is 16.5. The summed E-state index contributed by atoms with van der Waals surface area (Å²) in [5.74, 6) is -2.11. The molecule has 0 saturated carbocycles. The van der Waals surface area contributed by atoms with Crippen LogP contribution in [0, 0.1) is 5.82 Å². The van der Waals surface area contributed by atoms with E-state index >= 15 is 0 Å². The molecule has 0 aliphatic carbocycles. The first-order chi connectivity index (χ1) is 11.5. The maximum absolute atomic E-state index is 13.0. The van der Waals surface area contributed by atoms with Gasteiger partial charge in [0.2, 0.25) is 0 Å². The molecule has 24 heavy (non-hydrogen) atoms. The standard InChI is InChI=1S/C17H11FN2O4/c18-11-3-5-12(6-4-11)20-16(23)14(15(22)19-17(20)24)9-10-1-7-13(21)8-2-10/h1-9,21H,(H,19,22,24).